The molecular weight excluding hydrogens is 362 g/mol. The van der Waals surface area contributed by atoms with Crippen LogP contribution in [0.15, 0.2) is 30.6 Å². The van der Waals surface area contributed by atoms with E-state index in [0.717, 1.165) is 61.4 Å². The van der Waals surface area contributed by atoms with Crippen LogP contribution in [0.3, 0.4) is 0 Å². The van der Waals surface area contributed by atoms with Gasteiger partial charge in [0, 0.05) is 43.7 Å². The Morgan fingerprint density at radius 3 is 2.38 bits per heavy atom. The van der Waals surface area contributed by atoms with Crippen LogP contribution in [-0.2, 0) is 5.41 Å². The number of rotatable bonds is 3. The van der Waals surface area contributed by atoms with Crippen molar-refractivity contribution in [3.05, 3.63) is 42.1 Å². The van der Waals surface area contributed by atoms with Gasteiger partial charge in [0.1, 0.15) is 17.5 Å². The van der Waals surface area contributed by atoms with E-state index in [-0.39, 0.29) is 5.41 Å². The topological polar surface area (TPSA) is 62.5 Å². The predicted octanol–water partition coefficient (Wildman–Crippen LogP) is 3.41. The van der Waals surface area contributed by atoms with Gasteiger partial charge >= 0.3 is 0 Å². The van der Waals surface area contributed by atoms with Crippen molar-refractivity contribution in [2.24, 2.45) is 0 Å². The highest BCUT2D eigenvalue weighted by molar-refractivity contribution is 5.48. The largest absolute Gasteiger partial charge is 0.355 e. The normalized spacial score (nSPS) is 18.3. The highest BCUT2D eigenvalue weighted by atomic mass is 15.3. The molecule has 0 atom stereocenters. The fourth-order valence-corrected chi connectivity index (χ4v) is 3.86. The fourth-order valence-electron chi connectivity index (χ4n) is 3.86. The van der Waals surface area contributed by atoms with E-state index in [1.54, 1.807) is 0 Å². The summed E-state index contributed by atoms with van der Waals surface area (Å²) >= 11 is 0. The third kappa shape index (κ3) is 3.78. The summed E-state index contributed by atoms with van der Waals surface area (Å²) in [7, 11) is 0. The standard InChI is InChI=1S/C22H29N7/c1-22(2,3)17-15-29-19(24-17)7-8-20(26-29)28-12-4-11-27(13-14-28)18-9-10-23-21(25-18)16-5-6-16/h7-10,15-16H,4-6,11-14H2,1-3H3. The van der Waals surface area contributed by atoms with Gasteiger partial charge in [0.25, 0.3) is 0 Å². The molecule has 3 aromatic rings. The Morgan fingerprint density at radius 2 is 1.66 bits per heavy atom. The molecule has 7 nitrogen and oxygen atoms in total. The smallest absolute Gasteiger partial charge is 0.153 e. The van der Waals surface area contributed by atoms with Crippen LogP contribution in [-0.4, -0.2) is 50.7 Å². The first-order valence-electron chi connectivity index (χ1n) is 10.7. The SMILES string of the molecule is CC(C)(C)c1cn2nc(N3CCCN(c4ccnc(C5CC5)n4)CC3)ccc2n1. The van der Waals surface area contributed by atoms with Gasteiger partial charge in [-0.25, -0.2) is 19.5 Å². The van der Waals surface area contributed by atoms with Crippen LogP contribution in [0, 0.1) is 0 Å². The van der Waals surface area contributed by atoms with Crippen molar-refractivity contribution >= 4 is 17.3 Å². The summed E-state index contributed by atoms with van der Waals surface area (Å²) in [6, 6.07) is 6.22. The maximum atomic E-state index is 4.85. The Hall–Kier alpha value is -2.70. The Labute approximate surface area is 171 Å². The lowest BCUT2D eigenvalue weighted by Crippen LogP contribution is -2.32. The van der Waals surface area contributed by atoms with Crippen molar-refractivity contribution < 1.29 is 0 Å². The van der Waals surface area contributed by atoms with Crippen LogP contribution in [0.2, 0.25) is 0 Å². The van der Waals surface area contributed by atoms with E-state index in [0.29, 0.717) is 5.92 Å². The number of anilines is 2. The van der Waals surface area contributed by atoms with Gasteiger partial charge in [-0.3, -0.25) is 0 Å². The molecule has 1 aliphatic heterocycles. The zero-order valence-electron chi connectivity index (χ0n) is 17.5. The van der Waals surface area contributed by atoms with Crippen LogP contribution < -0.4 is 9.80 Å². The molecule has 2 aliphatic rings. The fraction of sp³-hybridized carbons (Fsp3) is 0.545. The first-order chi connectivity index (χ1) is 14.0. The zero-order chi connectivity index (χ0) is 20.0. The minimum absolute atomic E-state index is 0.0217. The van der Waals surface area contributed by atoms with Crippen LogP contribution in [0.1, 0.15) is 57.5 Å². The molecule has 0 unspecified atom stereocenters. The molecule has 29 heavy (non-hydrogen) atoms. The summed E-state index contributed by atoms with van der Waals surface area (Å²) in [5.41, 5.74) is 2.00. The summed E-state index contributed by atoms with van der Waals surface area (Å²) in [5.74, 6) is 3.68. The van der Waals surface area contributed by atoms with E-state index in [1.807, 2.05) is 16.8 Å². The first kappa shape index (κ1) is 18.3. The van der Waals surface area contributed by atoms with Gasteiger partial charge in [0.2, 0.25) is 0 Å². The van der Waals surface area contributed by atoms with Gasteiger partial charge in [-0.15, -0.1) is 5.10 Å². The minimum atomic E-state index is 0.0217. The molecule has 2 fully saturated rings. The van der Waals surface area contributed by atoms with E-state index in [4.69, 9.17) is 15.1 Å². The second-order valence-electron chi connectivity index (χ2n) is 9.25. The van der Waals surface area contributed by atoms with E-state index in [2.05, 4.69) is 53.9 Å². The monoisotopic (exact) mass is 391 g/mol. The van der Waals surface area contributed by atoms with Gasteiger partial charge in [0.15, 0.2) is 5.65 Å². The Morgan fingerprint density at radius 1 is 0.897 bits per heavy atom. The highest BCUT2D eigenvalue weighted by Crippen LogP contribution is 2.38. The number of hydrogen-bond donors (Lipinski definition) is 0. The lowest BCUT2D eigenvalue weighted by molar-refractivity contribution is 0.572. The van der Waals surface area contributed by atoms with E-state index in [9.17, 15) is 0 Å². The quantitative estimate of drug-likeness (QED) is 0.682. The van der Waals surface area contributed by atoms with Crippen molar-refractivity contribution in [1.29, 1.82) is 0 Å². The molecule has 0 aromatic carbocycles. The third-order valence-electron chi connectivity index (χ3n) is 5.82. The predicted molar refractivity (Wildman–Crippen MR) is 115 cm³/mol. The summed E-state index contributed by atoms with van der Waals surface area (Å²) in [4.78, 5) is 18.8. The van der Waals surface area contributed by atoms with Gasteiger partial charge in [0.05, 0.1) is 11.9 Å². The molecule has 0 N–H and O–H groups in total. The maximum absolute atomic E-state index is 4.85. The van der Waals surface area contributed by atoms with Crippen molar-refractivity contribution in [1.82, 2.24) is 24.6 Å². The minimum Gasteiger partial charge on any atom is -0.355 e. The molecule has 0 bridgehead atoms. The molecule has 1 saturated carbocycles. The summed E-state index contributed by atoms with van der Waals surface area (Å²) < 4.78 is 1.92. The molecule has 4 heterocycles. The molecular formula is C22H29N7. The van der Waals surface area contributed by atoms with Crippen LogP contribution in [0.5, 0.6) is 0 Å². The maximum Gasteiger partial charge on any atom is 0.153 e. The lowest BCUT2D eigenvalue weighted by atomic mass is 9.93. The van der Waals surface area contributed by atoms with Crippen molar-refractivity contribution in [3.8, 4) is 0 Å². The molecule has 5 rings (SSSR count). The molecule has 152 valence electrons. The summed E-state index contributed by atoms with van der Waals surface area (Å²) in [6.45, 7) is 10.4. The summed E-state index contributed by atoms with van der Waals surface area (Å²) in [5, 5.41) is 4.85. The van der Waals surface area contributed by atoms with Crippen LogP contribution in [0.25, 0.3) is 5.65 Å². The average molecular weight is 392 g/mol. The second-order valence-corrected chi connectivity index (χ2v) is 9.25. The third-order valence-corrected chi connectivity index (χ3v) is 5.82. The van der Waals surface area contributed by atoms with Gasteiger partial charge in [-0.2, -0.15) is 0 Å². The van der Waals surface area contributed by atoms with Gasteiger partial charge < -0.3 is 9.80 Å². The first-order valence-corrected chi connectivity index (χ1v) is 10.7. The molecule has 1 saturated heterocycles. The average Bonchev–Trinajstić information content (AvgIpc) is 3.49. The van der Waals surface area contributed by atoms with E-state index >= 15 is 0 Å². The number of nitrogens with zero attached hydrogens (tertiary/aromatic N) is 7. The van der Waals surface area contributed by atoms with Gasteiger partial charge in [-0.1, -0.05) is 20.8 Å². The lowest BCUT2D eigenvalue weighted by Gasteiger charge is -2.23. The van der Waals surface area contributed by atoms with Crippen LogP contribution in [0.4, 0.5) is 11.6 Å². The highest BCUT2D eigenvalue weighted by Gasteiger charge is 2.27. The summed E-state index contributed by atoms with van der Waals surface area (Å²) in [6.07, 6.45) is 7.52. The number of imidazole rings is 1. The second kappa shape index (κ2) is 6.97. The molecule has 0 spiro atoms. The van der Waals surface area contributed by atoms with E-state index < -0.39 is 0 Å². The van der Waals surface area contributed by atoms with Crippen molar-refractivity contribution in [2.75, 3.05) is 36.0 Å². The Kier molecular flexibility index (Phi) is 4.41. The molecule has 3 aromatic heterocycles. The van der Waals surface area contributed by atoms with Gasteiger partial charge in [-0.05, 0) is 37.5 Å². The van der Waals surface area contributed by atoms with Crippen molar-refractivity contribution in [2.45, 2.75) is 51.4 Å². The molecule has 0 amide bonds. The molecule has 0 radical (unpaired) electrons. The Bertz CT molecular complexity index is 1020. The zero-order valence-corrected chi connectivity index (χ0v) is 17.5. The number of aromatic nitrogens is 5. The Balaban J connectivity index is 1.33. The number of hydrogen-bond acceptors (Lipinski definition) is 6. The van der Waals surface area contributed by atoms with Crippen molar-refractivity contribution in [3.63, 3.8) is 0 Å². The molecule has 1 aliphatic carbocycles. The molecule has 7 heteroatoms. The number of fused-ring (bicyclic) bond motifs is 1. The van der Waals surface area contributed by atoms with Crippen LogP contribution >= 0.6 is 0 Å². The van der Waals surface area contributed by atoms with E-state index in [1.165, 1.54) is 12.8 Å².